The number of hydrogen-bond donors (Lipinski definition) is 0. The summed E-state index contributed by atoms with van der Waals surface area (Å²) in [5.41, 5.74) is 1.08. The predicted molar refractivity (Wildman–Crippen MR) is 72.9 cm³/mol. The largest absolute Gasteiger partial charge is 0.243 e. The minimum absolute atomic E-state index is 0.131. The Labute approximate surface area is 110 Å². The van der Waals surface area contributed by atoms with Crippen molar-refractivity contribution in [3.63, 3.8) is 0 Å². The molecule has 0 amide bonds. The van der Waals surface area contributed by atoms with Gasteiger partial charge in [-0.05, 0) is 31.9 Å². The smallest absolute Gasteiger partial charge is 0.207 e. The lowest BCUT2D eigenvalue weighted by Gasteiger charge is -2.10. The molecule has 3 nitrogen and oxygen atoms in total. The standard InChI is InChI=1S/C14H21NO2S/c1-5-11(3)14-12(4)15(14)18(16,17)13-8-6-10(2)7-9-13/h6-9,11-12,14H,5H2,1-4H3/t11-,12-,14+,15?/m0/s1. The number of rotatable bonds is 4. The molecule has 1 saturated heterocycles. The van der Waals surface area contributed by atoms with Crippen molar-refractivity contribution in [2.24, 2.45) is 5.92 Å². The number of sulfonamides is 1. The van der Waals surface area contributed by atoms with Crippen LogP contribution in [0.25, 0.3) is 0 Å². The lowest BCUT2D eigenvalue weighted by atomic mass is 10.0. The Kier molecular flexibility index (Phi) is 3.52. The Hall–Kier alpha value is -0.870. The SMILES string of the molecule is CC[C@H](C)[C@@H]1[C@H](C)N1S(=O)(=O)c1ccc(C)cc1. The van der Waals surface area contributed by atoms with E-state index in [1.54, 1.807) is 16.4 Å². The number of benzene rings is 1. The Bertz CT molecular complexity index is 521. The summed E-state index contributed by atoms with van der Waals surface area (Å²) in [7, 11) is -3.30. The molecule has 1 aliphatic rings. The number of hydrogen-bond acceptors (Lipinski definition) is 2. The summed E-state index contributed by atoms with van der Waals surface area (Å²) in [5.74, 6) is 0.417. The topological polar surface area (TPSA) is 37.1 Å². The van der Waals surface area contributed by atoms with Crippen LogP contribution in [0.15, 0.2) is 29.2 Å². The first-order chi connectivity index (χ1) is 8.39. The average molecular weight is 267 g/mol. The van der Waals surface area contributed by atoms with Crippen LogP contribution in [0, 0.1) is 12.8 Å². The van der Waals surface area contributed by atoms with E-state index in [-0.39, 0.29) is 12.1 Å². The molecule has 1 aromatic rings. The molecule has 0 N–H and O–H groups in total. The molecular weight excluding hydrogens is 246 g/mol. The van der Waals surface area contributed by atoms with Crippen molar-refractivity contribution in [3.05, 3.63) is 29.8 Å². The minimum Gasteiger partial charge on any atom is -0.207 e. The summed E-state index contributed by atoms with van der Waals surface area (Å²) in [6.07, 6.45) is 1.01. The first-order valence-corrected chi connectivity index (χ1v) is 7.93. The third-order valence-corrected chi connectivity index (χ3v) is 5.92. The van der Waals surface area contributed by atoms with Crippen LogP contribution >= 0.6 is 0 Å². The molecule has 1 heterocycles. The molecule has 1 fully saturated rings. The first-order valence-electron chi connectivity index (χ1n) is 6.49. The summed E-state index contributed by atoms with van der Waals surface area (Å²) < 4.78 is 26.6. The van der Waals surface area contributed by atoms with Crippen LogP contribution in [-0.2, 0) is 10.0 Å². The van der Waals surface area contributed by atoms with E-state index < -0.39 is 10.0 Å². The maximum absolute atomic E-state index is 12.5. The van der Waals surface area contributed by atoms with Gasteiger partial charge in [0.05, 0.1) is 4.90 Å². The normalized spacial score (nSPS) is 29.0. The predicted octanol–water partition coefficient (Wildman–Crippen LogP) is 2.80. The fourth-order valence-corrected chi connectivity index (χ4v) is 4.46. The first kappa shape index (κ1) is 13.6. The van der Waals surface area contributed by atoms with Crippen molar-refractivity contribution in [1.29, 1.82) is 0 Å². The van der Waals surface area contributed by atoms with Crippen LogP contribution in [0.3, 0.4) is 0 Å². The van der Waals surface area contributed by atoms with E-state index in [0.29, 0.717) is 10.8 Å². The second kappa shape index (κ2) is 4.67. The van der Waals surface area contributed by atoms with Gasteiger partial charge < -0.3 is 0 Å². The van der Waals surface area contributed by atoms with E-state index in [1.807, 2.05) is 26.0 Å². The molecule has 0 aromatic heterocycles. The highest BCUT2D eigenvalue weighted by molar-refractivity contribution is 7.89. The Morgan fingerprint density at radius 2 is 1.83 bits per heavy atom. The Morgan fingerprint density at radius 1 is 1.28 bits per heavy atom. The van der Waals surface area contributed by atoms with Crippen LogP contribution in [0.4, 0.5) is 0 Å². The fourth-order valence-electron chi connectivity index (χ4n) is 2.52. The molecule has 1 unspecified atom stereocenters. The molecule has 0 aliphatic carbocycles. The fraction of sp³-hybridized carbons (Fsp3) is 0.571. The van der Waals surface area contributed by atoms with Crippen LogP contribution in [0.1, 0.15) is 32.8 Å². The quantitative estimate of drug-likeness (QED) is 0.787. The van der Waals surface area contributed by atoms with Gasteiger partial charge in [-0.1, -0.05) is 38.0 Å². The van der Waals surface area contributed by atoms with Crippen LogP contribution in [-0.4, -0.2) is 24.8 Å². The molecule has 2 rings (SSSR count). The molecule has 18 heavy (non-hydrogen) atoms. The average Bonchev–Trinajstić information content (AvgIpc) is 3.01. The molecule has 0 spiro atoms. The van der Waals surface area contributed by atoms with Crippen molar-refractivity contribution in [2.45, 2.75) is 51.1 Å². The van der Waals surface area contributed by atoms with Gasteiger partial charge in [-0.15, -0.1) is 0 Å². The third kappa shape index (κ3) is 2.19. The summed E-state index contributed by atoms with van der Waals surface area (Å²) in [5, 5.41) is 0. The molecule has 0 radical (unpaired) electrons. The second-order valence-corrected chi connectivity index (χ2v) is 7.11. The van der Waals surface area contributed by atoms with Gasteiger partial charge in [0.2, 0.25) is 10.0 Å². The molecule has 0 saturated carbocycles. The van der Waals surface area contributed by atoms with Crippen LogP contribution < -0.4 is 0 Å². The third-order valence-electron chi connectivity index (χ3n) is 3.92. The van der Waals surface area contributed by atoms with E-state index in [2.05, 4.69) is 13.8 Å². The summed E-state index contributed by atoms with van der Waals surface area (Å²) in [4.78, 5) is 0.408. The van der Waals surface area contributed by atoms with Crippen molar-refractivity contribution in [1.82, 2.24) is 4.31 Å². The van der Waals surface area contributed by atoms with E-state index in [4.69, 9.17) is 0 Å². The maximum Gasteiger partial charge on any atom is 0.243 e. The van der Waals surface area contributed by atoms with Gasteiger partial charge in [0.25, 0.3) is 0 Å². The number of nitrogens with zero attached hydrogens (tertiary/aromatic N) is 1. The van der Waals surface area contributed by atoms with E-state index >= 15 is 0 Å². The zero-order valence-electron chi connectivity index (χ0n) is 11.4. The van der Waals surface area contributed by atoms with Gasteiger partial charge >= 0.3 is 0 Å². The molecule has 1 aliphatic heterocycles. The molecule has 0 bridgehead atoms. The van der Waals surface area contributed by atoms with Gasteiger partial charge in [-0.25, -0.2) is 8.42 Å². The highest BCUT2D eigenvalue weighted by atomic mass is 32.2. The molecule has 1 aromatic carbocycles. The summed E-state index contributed by atoms with van der Waals surface area (Å²) in [6.45, 7) is 8.17. The Balaban J connectivity index is 2.26. The zero-order valence-corrected chi connectivity index (χ0v) is 12.2. The van der Waals surface area contributed by atoms with E-state index in [0.717, 1.165) is 12.0 Å². The lowest BCUT2D eigenvalue weighted by Crippen LogP contribution is -2.18. The highest BCUT2D eigenvalue weighted by Crippen LogP contribution is 2.40. The van der Waals surface area contributed by atoms with Crippen molar-refractivity contribution in [3.8, 4) is 0 Å². The van der Waals surface area contributed by atoms with Gasteiger partial charge in [-0.3, -0.25) is 0 Å². The molecule has 100 valence electrons. The van der Waals surface area contributed by atoms with Gasteiger partial charge in [-0.2, -0.15) is 4.31 Å². The second-order valence-electron chi connectivity index (χ2n) is 5.26. The van der Waals surface area contributed by atoms with Crippen molar-refractivity contribution >= 4 is 10.0 Å². The monoisotopic (exact) mass is 267 g/mol. The van der Waals surface area contributed by atoms with Crippen LogP contribution in [0.5, 0.6) is 0 Å². The lowest BCUT2D eigenvalue weighted by molar-refractivity contribution is 0.485. The van der Waals surface area contributed by atoms with Gasteiger partial charge in [0.1, 0.15) is 0 Å². The minimum atomic E-state index is -3.30. The molecular formula is C14H21NO2S. The highest BCUT2D eigenvalue weighted by Gasteiger charge is 2.54. The molecule has 4 atom stereocenters. The Morgan fingerprint density at radius 3 is 2.33 bits per heavy atom. The van der Waals surface area contributed by atoms with Crippen molar-refractivity contribution < 1.29 is 8.42 Å². The summed E-state index contributed by atoms with van der Waals surface area (Å²) >= 11 is 0. The van der Waals surface area contributed by atoms with Gasteiger partial charge in [0, 0.05) is 12.1 Å². The number of aryl methyl sites for hydroxylation is 1. The zero-order chi connectivity index (χ0) is 13.5. The van der Waals surface area contributed by atoms with Crippen LogP contribution in [0.2, 0.25) is 0 Å². The van der Waals surface area contributed by atoms with Gasteiger partial charge in [0.15, 0.2) is 0 Å². The molecule has 4 heteroatoms. The van der Waals surface area contributed by atoms with E-state index in [9.17, 15) is 8.42 Å². The maximum atomic E-state index is 12.5. The van der Waals surface area contributed by atoms with E-state index in [1.165, 1.54) is 0 Å². The van der Waals surface area contributed by atoms with Crippen molar-refractivity contribution in [2.75, 3.05) is 0 Å². The summed E-state index contributed by atoms with van der Waals surface area (Å²) in [6, 6.07) is 7.39.